The zero-order chi connectivity index (χ0) is 16.7. The number of nitrogens with two attached hydrogens (primary N) is 1. The maximum atomic E-state index is 12.4. The Morgan fingerprint density at radius 3 is 2.92 bits per heavy atom. The van der Waals surface area contributed by atoms with E-state index in [4.69, 9.17) is 14.9 Å². The summed E-state index contributed by atoms with van der Waals surface area (Å²) in [7, 11) is 0. The second-order valence-corrected chi connectivity index (χ2v) is 6.71. The fraction of sp³-hybridized carbons (Fsp3) is 0.444. The first kappa shape index (κ1) is 15.2. The monoisotopic (exact) mass is 328 g/mol. The van der Waals surface area contributed by atoms with Crippen molar-refractivity contribution in [3.63, 3.8) is 0 Å². The van der Waals surface area contributed by atoms with Gasteiger partial charge >= 0.3 is 5.63 Å². The maximum absolute atomic E-state index is 12.4. The highest BCUT2D eigenvalue weighted by Crippen LogP contribution is 2.37. The minimum atomic E-state index is -0.407. The van der Waals surface area contributed by atoms with Crippen molar-refractivity contribution < 1.29 is 13.9 Å². The number of hydrogen-bond donors (Lipinski definition) is 1. The van der Waals surface area contributed by atoms with Gasteiger partial charge in [0.05, 0.1) is 0 Å². The van der Waals surface area contributed by atoms with Crippen LogP contribution < -0.4 is 16.1 Å². The Bertz CT molecular complexity index is 831. The van der Waals surface area contributed by atoms with E-state index >= 15 is 0 Å². The minimum absolute atomic E-state index is 0.0166. The van der Waals surface area contributed by atoms with Gasteiger partial charge < -0.3 is 19.8 Å². The summed E-state index contributed by atoms with van der Waals surface area (Å²) >= 11 is 0. The minimum Gasteiger partial charge on any atom is -0.484 e. The molecule has 2 fully saturated rings. The van der Waals surface area contributed by atoms with E-state index in [1.807, 2.05) is 4.90 Å². The van der Waals surface area contributed by atoms with Gasteiger partial charge in [0.15, 0.2) is 6.61 Å². The molecule has 1 aliphatic heterocycles. The van der Waals surface area contributed by atoms with Crippen LogP contribution in [0, 0.1) is 11.8 Å². The maximum Gasteiger partial charge on any atom is 0.336 e. The van der Waals surface area contributed by atoms with Crippen molar-refractivity contribution in [2.45, 2.75) is 18.9 Å². The quantitative estimate of drug-likeness (QED) is 0.860. The highest BCUT2D eigenvalue weighted by molar-refractivity contribution is 5.79. The lowest BCUT2D eigenvalue weighted by Gasteiger charge is -2.19. The summed E-state index contributed by atoms with van der Waals surface area (Å²) in [6.45, 7) is 1.50. The van der Waals surface area contributed by atoms with Crippen molar-refractivity contribution >= 4 is 16.9 Å². The summed E-state index contributed by atoms with van der Waals surface area (Å²) < 4.78 is 10.7. The van der Waals surface area contributed by atoms with E-state index in [0.717, 1.165) is 31.3 Å². The zero-order valence-electron chi connectivity index (χ0n) is 13.3. The van der Waals surface area contributed by atoms with Gasteiger partial charge in [0, 0.05) is 36.7 Å². The first-order valence-corrected chi connectivity index (χ1v) is 8.30. The van der Waals surface area contributed by atoms with Crippen molar-refractivity contribution in [1.29, 1.82) is 0 Å². The fourth-order valence-corrected chi connectivity index (χ4v) is 3.88. The molecule has 6 nitrogen and oxygen atoms in total. The third kappa shape index (κ3) is 2.78. The number of carbonyl (C=O) groups is 1. The van der Waals surface area contributed by atoms with Crippen molar-refractivity contribution in [2.75, 3.05) is 19.7 Å². The molecule has 1 saturated heterocycles. The van der Waals surface area contributed by atoms with Crippen LogP contribution in [-0.4, -0.2) is 36.5 Å². The Kier molecular flexibility index (Phi) is 3.76. The lowest BCUT2D eigenvalue weighted by Crippen LogP contribution is -2.36. The van der Waals surface area contributed by atoms with Gasteiger partial charge in [-0.2, -0.15) is 0 Å². The molecule has 2 aromatic rings. The molecule has 0 spiro atoms. The van der Waals surface area contributed by atoms with E-state index in [1.165, 1.54) is 6.07 Å². The van der Waals surface area contributed by atoms with Crippen LogP contribution in [0.3, 0.4) is 0 Å². The van der Waals surface area contributed by atoms with Crippen molar-refractivity contribution in [1.82, 2.24) is 4.90 Å². The molecule has 2 aliphatic rings. The molecule has 3 unspecified atom stereocenters. The van der Waals surface area contributed by atoms with Gasteiger partial charge in [-0.25, -0.2) is 4.79 Å². The van der Waals surface area contributed by atoms with Crippen molar-refractivity contribution in [2.24, 2.45) is 17.6 Å². The van der Waals surface area contributed by atoms with Crippen LogP contribution in [0.25, 0.3) is 11.0 Å². The average molecular weight is 328 g/mol. The smallest absolute Gasteiger partial charge is 0.336 e. The molecule has 1 aromatic carbocycles. The summed E-state index contributed by atoms with van der Waals surface area (Å²) in [4.78, 5) is 25.5. The van der Waals surface area contributed by atoms with Gasteiger partial charge in [-0.05, 0) is 42.9 Å². The molecular weight excluding hydrogens is 308 g/mol. The number of fused-ring (bicyclic) bond motifs is 2. The number of carbonyl (C=O) groups excluding carboxylic acids is 1. The Balaban J connectivity index is 1.40. The molecule has 1 amide bonds. The number of likely N-dealkylation sites (tertiary alicyclic amines) is 1. The highest BCUT2D eigenvalue weighted by atomic mass is 16.5. The topological polar surface area (TPSA) is 85.8 Å². The van der Waals surface area contributed by atoms with Gasteiger partial charge in [-0.15, -0.1) is 0 Å². The molecule has 1 saturated carbocycles. The number of benzene rings is 1. The summed E-state index contributed by atoms with van der Waals surface area (Å²) in [5, 5.41) is 0.814. The van der Waals surface area contributed by atoms with Crippen LogP contribution >= 0.6 is 0 Å². The molecule has 3 atom stereocenters. The average Bonchev–Trinajstić information content (AvgIpc) is 3.14. The van der Waals surface area contributed by atoms with Crippen LogP contribution in [0.2, 0.25) is 0 Å². The van der Waals surface area contributed by atoms with Gasteiger partial charge in [-0.3, -0.25) is 4.79 Å². The van der Waals surface area contributed by atoms with Crippen molar-refractivity contribution in [3.8, 4) is 5.75 Å². The lowest BCUT2D eigenvalue weighted by atomic mass is 9.98. The Hall–Kier alpha value is -2.34. The summed E-state index contributed by atoms with van der Waals surface area (Å²) in [6, 6.07) is 8.50. The molecule has 24 heavy (non-hydrogen) atoms. The van der Waals surface area contributed by atoms with Gasteiger partial charge in [0.25, 0.3) is 5.91 Å². The predicted octanol–water partition coefficient (Wildman–Crippen LogP) is 1.37. The Morgan fingerprint density at radius 1 is 1.25 bits per heavy atom. The normalized spacial score (nSPS) is 25.9. The second kappa shape index (κ2) is 5.94. The van der Waals surface area contributed by atoms with Crippen LogP contribution in [-0.2, 0) is 4.79 Å². The van der Waals surface area contributed by atoms with Gasteiger partial charge in [-0.1, -0.05) is 0 Å². The van der Waals surface area contributed by atoms with Crippen LogP contribution in [0.4, 0.5) is 0 Å². The van der Waals surface area contributed by atoms with Crippen LogP contribution in [0.15, 0.2) is 39.5 Å². The number of nitrogens with zero attached hydrogens (tertiary/aromatic N) is 1. The summed E-state index contributed by atoms with van der Waals surface area (Å²) in [6.07, 6.45) is 2.18. The molecule has 126 valence electrons. The molecule has 0 bridgehead atoms. The van der Waals surface area contributed by atoms with Gasteiger partial charge in [0.1, 0.15) is 11.3 Å². The largest absolute Gasteiger partial charge is 0.484 e. The molecule has 6 heteroatoms. The van der Waals surface area contributed by atoms with E-state index in [9.17, 15) is 9.59 Å². The first-order chi connectivity index (χ1) is 11.6. The zero-order valence-corrected chi connectivity index (χ0v) is 13.3. The first-order valence-electron chi connectivity index (χ1n) is 8.30. The van der Waals surface area contributed by atoms with E-state index in [-0.39, 0.29) is 18.6 Å². The van der Waals surface area contributed by atoms with Crippen LogP contribution in [0.5, 0.6) is 5.75 Å². The van der Waals surface area contributed by atoms with E-state index in [0.29, 0.717) is 23.2 Å². The second-order valence-electron chi connectivity index (χ2n) is 6.71. The fourth-order valence-electron chi connectivity index (χ4n) is 3.88. The van der Waals surface area contributed by atoms with Gasteiger partial charge in [0.2, 0.25) is 0 Å². The molecule has 2 N–H and O–H groups in total. The van der Waals surface area contributed by atoms with Crippen LogP contribution in [0.1, 0.15) is 12.8 Å². The number of rotatable bonds is 3. The standard InChI is InChI=1S/C18H20N2O4/c19-15-5-2-12-8-20(9-14(12)15)17(21)10-23-13-4-1-11-3-6-18(22)24-16(11)7-13/h1,3-4,6-7,12,14-15H,2,5,8-10,19H2. The molecule has 2 heterocycles. The molecule has 0 radical (unpaired) electrons. The summed E-state index contributed by atoms with van der Waals surface area (Å²) in [5.41, 5.74) is 6.15. The van der Waals surface area contributed by atoms with Crippen molar-refractivity contribution in [3.05, 3.63) is 40.8 Å². The molecule has 4 rings (SSSR count). The number of amides is 1. The van der Waals surface area contributed by atoms with E-state index in [1.54, 1.807) is 24.3 Å². The SMILES string of the molecule is NC1CCC2CN(C(=O)COc3ccc4ccc(=O)oc4c3)CC12. The number of hydrogen-bond acceptors (Lipinski definition) is 5. The third-order valence-electron chi connectivity index (χ3n) is 5.22. The molecule has 1 aliphatic carbocycles. The Morgan fingerprint density at radius 2 is 2.08 bits per heavy atom. The predicted molar refractivity (Wildman–Crippen MR) is 88.7 cm³/mol. The third-order valence-corrected chi connectivity index (χ3v) is 5.22. The highest BCUT2D eigenvalue weighted by Gasteiger charge is 2.42. The Labute approximate surface area is 139 Å². The molecular formula is C18H20N2O4. The lowest BCUT2D eigenvalue weighted by molar-refractivity contribution is -0.132. The van der Waals surface area contributed by atoms with E-state index in [2.05, 4.69) is 0 Å². The molecule has 1 aromatic heterocycles. The number of ether oxygens (including phenoxy) is 1. The van der Waals surface area contributed by atoms with E-state index < -0.39 is 5.63 Å². The summed E-state index contributed by atoms with van der Waals surface area (Å²) in [5.74, 6) is 1.47.